The second-order valence-corrected chi connectivity index (χ2v) is 12.1. The molecule has 2 aliphatic rings. The van der Waals surface area contributed by atoms with E-state index in [2.05, 4.69) is 77.4 Å². The van der Waals surface area contributed by atoms with Gasteiger partial charge in [-0.05, 0) is 115 Å². The van der Waals surface area contributed by atoms with Gasteiger partial charge in [-0.25, -0.2) is 0 Å². The lowest BCUT2D eigenvalue weighted by atomic mass is 9.96. The van der Waals surface area contributed by atoms with Crippen LogP contribution in [0.4, 0.5) is 0 Å². The molecule has 3 heterocycles. The maximum Gasteiger partial charge on any atom is 0.120 e. The summed E-state index contributed by atoms with van der Waals surface area (Å²) in [5.74, 6) is 1.84. The minimum atomic E-state index is 0.744. The second-order valence-electron chi connectivity index (χ2n) is 11.0. The number of likely N-dealkylation sites (tertiary alicyclic amines) is 1. The summed E-state index contributed by atoms with van der Waals surface area (Å²) in [4.78, 5) is 6.30. The molecule has 6 rings (SSSR count). The molecule has 2 fully saturated rings. The van der Waals surface area contributed by atoms with Crippen LogP contribution in [0, 0.1) is 6.92 Å². The van der Waals surface area contributed by atoms with Gasteiger partial charge in [0.05, 0.1) is 20.3 Å². The number of ether oxygens (including phenoxy) is 3. The third-order valence-corrected chi connectivity index (χ3v) is 9.52. The highest BCUT2D eigenvalue weighted by Crippen LogP contribution is 2.41. The Labute approximate surface area is 242 Å². The summed E-state index contributed by atoms with van der Waals surface area (Å²) in [5, 5.41) is 1.31. The zero-order valence-corrected chi connectivity index (χ0v) is 24.6. The van der Waals surface area contributed by atoms with Gasteiger partial charge in [0, 0.05) is 35.8 Å². The zero-order valence-electron chi connectivity index (χ0n) is 23.8. The summed E-state index contributed by atoms with van der Waals surface area (Å²) in [5.41, 5.74) is 6.74. The molecule has 0 unspecified atom stereocenters. The molecule has 5 nitrogen and oxygen atoms in total. The molecule has 0 amide bonds. The van der Waals surface area contributed by atoms with E-state index in [4.69, 9.17) is 14.2 Å². The van der Waals surface area contributed by atoms with Crippen molar-refractivity contribution in [3.05, 3.63) is 82.9 Å². The van der Waals surface area contributed by atoms with E-state index in [1.807, 2.05) is 11.3 Å². The standard InChI is InChI=1S/C34H40N2O3S/c1-25-21-26(5-6-28(25)24-36-15-18-38-19-16-36)22-32-31-12-11-30(37-2)23-33(31)40-34(32)27-7-9-29(10-8-27)39-20-17-35-13-3-4-14-35/h5-12,21,23H,3-4,13-20,22,24H2,1-2H3. The normalized spacial score (nSPS) is 16.6. The third-order valence-electron chi connectivity index (χ3n) is 8.28. The Morgan fingerprint density at radius 1 is 0.850 bits per heavy atom. The number of nitrogens with zero attached hydrogens (tertiary/aromatic N) is 2. The number of methoxy groups -OCH3 is 1. The molecule has 0 aliphatic carbocycles. The van der Waals surface area contributed by atoms with E-state index in [1.165, 1.54) is 68.7 Å². The summed E-state index contributed by atoms with van der Waals surface area (Å²) in [6.07, 6.45) is 3.53. The smallest absolute Gasteiger partial charge is 0.120 e. The van der Waals surface area contributed by atoms with E-state index in [1.54, 1.807) is 7.11 Å². The molecule has 1 aromatic heterocycles. The van der Waals surface area contributed by atoms with Gasteiger partial charge < -0.3 is 14.2 Å². The molecule has 2 saturated heterocycles. The van der Waals surface area contributed by atoms with Gasteiger partial charge in [0.15, 0.2) is 0 Å². The first-order chi connectivity index (χ1) is 19.7. The molecular weight excluding hydrogens is 516 g/mol. The highest BCUT2D eigenvalue weighted by Gasteiger charge is 2.17. The molecule has 0 bridgehead atoms. The number of morpholine rings is 1. The fourth-order valence-corrected chi connectivity index (χ4v) is 7.17. The lowest BCUT2D eigenvalue weighted by Crippen LogP contribution is -2.35. The van der Waals surface area contributed by atoms with Crippen molar-refractivity contribution in [2.24, 2.45) is 0 Å². The van der Waals surface area contributed by atoms with E-state index < -0.39 is 0 Å². The zero-order chi connectivity index (χ0) is 27.3. The number of fused-ring (bicyclic) bond motifs is 1. The first kappa shape index (κ1) is 27.3. The van der Waals surface area contributed by atoms with Crippen LogP contribution in [0.5, 0.6) is 11.5 Å². The van der Waals surface area contributed by atoms with Crippen LogP contribution in [0.25, 0.3) is 20.5 Å². The van der Waals surface area contributed by atoms with Crippen LogP contribution in [0.1, 0.15) is 35.1 Å². The minimum Gasteiger partial charge on any atom is -0.497 e. The maximum absolute atomic E-state index is 6.09. The van der Waals surface area contributed by atoms with Gasteiger partial charge in [-0.3, -0.25) is 9.80 Å². The first-order valence-corrected chi connectivity index (χ1v) is 15.4. The average molecular weight is 557 g/mol. The average Bonchev–Trinajstić information content (AvgIpc) is 3.63. The summed E-state index contributed by atoms with van der Waals surface area (Å²) >= 11 is 1.85. The molecule has 0 spiro atoms. The van der Waals surface area contributed by atoms with Crippen molar-refractivity contribution < 1.29 is 14.2 Å². The Morgan fingerprint density at radius 3 is 2.38 bits per heavy atom. The van der Waals surface area contributed by atoms with Gasteiger partial charge >= 0.3 is 0 Å². The molecule has 3 aromatic carbocycles. The van der Waals surface area contributed by atoms with Gasteiger partial charge in [0.2, 0.25) is 0 Å². The van der Waals surface area contributed by atoms with Crippen molar-refractivity contribution >= 4 is 21.4 Å². The Kier molecular flexibility index (Phi) is 8.68. The lowest BCUT2D eigenvalue weighted by Gasteiger charge is -2.27. The fraction of sp³-hybridized carbons (Fsp3) is 0.412. The van der Waals surface area contributed by atoms with Crippen LogP contribution in [0.3, 0.4) is 0 Å². The van der Waals surface area contributed by atoms with Gasteiger partial charge in [0.25, 0.3) is 0 Å². The quantitative estimate of drug-likeness (QED) is 0.215. The number of hydrogen-bond acceptors (Lipinski definition) is 6. The summed E-state index contributed by atoms with van der Waals surface area (Å²) in [6, 6.07) is 22.2. The van der Waals surface area contributed by atoms with Crippen LogP contribution >= 0.6 is 11.3 Å². The molecule has 0 atom stereocenters. The number of aryl methyl sites for hydroxylation is 1. The van der Waals surface area contributed by atoms with E-state index >= 15 is 0 Å². The summed E-state index contributed by atoms with van der Waals surface area (Å²) in [6.45, 7) is 11.1. The Bertz CT molecular complexity index is 1420. The summed E-state index contributed by atoms with van der Waals surface area (Å²) < 4.78 is 18.4. The van der Waals surface area contributed by atoms with Crippen molar-refractivity contribution in [1.29, 1.82) is 0 Å². The second kappa shape index (κ2) is 12.7. The Hall–Kier alpha value is -2.90. The first-order valence-electron chi connectivity index (χ1n) is 14.6. The van der Waals surface area contributed by atoms with Crippen LogP contribution in [0.2, 0.25) is 0 Å². The SMILES string of the molecule is COc1ccc2c(Cc3ccc(CN4CCOCC4)c(C)c3)c(-c3ccc(OCCN4CCCC4)cc3)sc2c1. The van der Waals surface area contributed by atoms with E-state index in [0.717, 1.165) is 63.9 Å². The molecular formula is C34H40N2O3S. The predicted octanol–water partition coefficient (Wildman–Crippen LogP) is 6.78. The van der Waals surface area contributed by atoms with E-state index in [0.29, 0.717) is 0 Å². The molecule has 6 heteroatoms. The largest absolute Gasteiger partial charge is 0.497 e. The van der Waals surface area contributed by atoms with Crippen molar-refractivity contribution in [1.82, 2.24) is 9.80 Å². The van der Waals surface area contributed by atoms with Gasteiger partial charge in [-0.15, -0.1) is 11.3 Å². The molecule has 0 N–H and O–H groups in total. The van der Waals surface area contributed by atoms with Gasteiger partial charge in [-0.1, -0.05) is 18.2 Å². The van der Waals surface area contributed by atoms with E-state index in [-0.39, 0.29) is 0 Å². The Balaban J connectivity index is 1.23. The molecule has 0 saturated carbocycles. The van der Waals surface area contributed by atoms with Crippen molar-refractivity contribution in [3.63, 3.8) is 0 Å². The van der Waals surface area contributed by atoms with Crippen molar-refractivity contribution in [3.8, 4) is 21.9 Å². The number of benzene rings is 3. The van der Waals surface area contributed by atoms with Crippen LogP contribution in [0.15, 0.2) is 60.7 Å². The Morgan fingerprint density at radius 2 is 1.62 bits per heavy atom. The van der Waals surface area contributed by atoms with E-state index in [9.17, 15) is 0 Å². The molecule has 40 heavy (non-hydrogen) atoms. The third kappa shape index (κ3) is 6.36. The number of thiophene rings is 1. The molecule has 4 aromatic rings. The van der Waals surface area contributed by atoms with Crippen LogP contribution < -0.4 is 9.47 Å². The lowest BCUT2D eigenvalue weighted by molar-refractivity contribution is 0.0341. The number of hydrogen-bond donors (Lipinski definition) is 0. The highest BCUT2D eigenvalue weighted by molar-refractivity contribution is 7.22. The monoisotopic (exact) mass is 556 g/mol. The number of rotatable bonds is 10. The topological polar surface area (TPSA) is 34.2 Å². The van der Waals surface area contributed by atoms with Crippen molar-refractivity contribution in [2.75, 3.05) is 59.7 Å². The summed E-state index contributed by atoms with van der Waals surface area (Å²) in [7, 11) is 1.74. The fourth-order valence-electron chi connectivity index (χ4n) is 5.92. The minimum absolute atomic E-state index is 0.744. The van der Waals surface area contributed by atoms with Gasteiger partial charge in [0.1, 0.15) is 18.1 Å². The molecule has 0 radical (unpaired) electrons. The van der Waals surface area contributed by atoms with Crippen LogP contribution in [-0.2, 0) is 17.7 Å². The maximum atomic E-state index is 6.09. The molecule has 210 valence electrons. The van der Waals surface area contributed by atoms with Gasteiger partial charge in [-0.2, -0.15) is 0 Å². The van der Waals surface area contributed by atoms with Crippen molar-refractivity contribution in [2.45, 2.75) is 32.7 Å². The molecule has 2 aliphatic heterocycles. The van der Waals surface area contributed by atoms with Crippen LogP contribution in [-0.4, -0.2) is 69.5 Å². The predicted molar refractivity (Wildman–Crippen MR) is 165 cm³/mol. The highest BCUT2D eigenvalue weighted by atomic mass is 32.1.